The Labute approximate surface area is 300 Å². The molecule has 52 heavy (non-hydrogen) atoms. The second-order valence-electron chi connectivity index (χ2n) is 11.8. The smallest absolute Gasteiger partial charge is 0.408 e. The van der Waals surface area contributed by atoms with Crippen molar-refractivity contribution in [3.8, 4) is 11.4 Å². The number of primary amides is 1. The fourth-order valence-electron chi connectivity index (χ4n) is 4.96. The average Bonchev–Trinajstić information content (AvgIpc) is 3.14. The number of carbonyl (C=O) groups is 5. The number of carbonyl (C=O) groups excluding carboxylic acids is 5. The topological polar surface area (TPSA) is 242 Å². The van der Waals surface area contributed by atoms with E-state index in [-0.39, 0.29) is 70.1 Å². The van der Waals surface area contributed by atoms with Crippen molar-refractivity contribution >= 4 is 29.7 Å². The maximum atomic E-state index is 12.6. The number of hydrogen-bond donors (Lipinski definition) is 5. The van der Waals surface area contributed by atoms with Crippen LogP contribution in [0.4, 0.5) is 4.79 Å². The standard InChI is InChI=1S/C34H44N10O8/c35-29(45)11-10-28(41-34(49)52-22-25-4-2-1-3-5-25)33(48)37-13-15-51-17-16-50-14-12-36-32(47)27-19-44(20-27)21-30(46)38-18-24-6-8-26(9-7-24)31-42-39-23-40-43-31/h1-9,23,27-28H,10-22H2,(H2,35,45)(H,36,47)(H,37,48)(H,38,46)(H,41,49). The molecule has 0 radical (unpaired) electrons. The third kappa shape index (κ3) is 14.3. The summed E-state index contributed by atoms with van der Waals surface area (Å²) in [6.07, 6.45) is 0.397. The summed E-state index contributed by atoms with van der Waals surface area (Å²) in [4.78, 5) is 62.7. The molecule has 1 atom stereocenters. The van der Waals surface area contributed by atoms with Crippen LogP contribution in [0.1, 0.15) is 24.0 Å². The van der Waals surface area contributed by atoms with Crippen molar-refractivity contribution in [1.29, 1.82) is 0 Å². The zero-order valence-electron chi connectivity index (χ0n) is 28.7. The Bertz CT molecular complexity index is 1580. The van der Waals surface area contributed by atoms with Crippen LogP contribution in [0.2, 0.25) is 0 Å². The number of rotatable bonds is 22. The van der Waals surface area contributed by atoms with Crippen LogP contribution in [0.3, 0.4) is 0 Å². The molecule has 2 aromatic carbocycles. The second-order valence-corrected chi connectivity index (χ2v) is 11.8. The van der Waals surface area contributed by atoms with Crippen LogP contribution in [0.15, 0.2) is 60.9 Å². The van der Waals surface area contributed by atoms with Gasteiger partial charge in [-0.15, -0.1) is 20.4 Å². The first-order valence-corrected chi connectivity index (χ1v) is 16.8. The summed E-state index contributed by atoms with van der Waals surface area (Å²) in [7, 11) is 0. The predicted molar refractivity (Wildman–Crippen MR) is 184 cm³/mol. The van der Waals surface area contributed by atoms with E-state index in [1.54, 1.807) is 12.1 Å². The number of ether oxygens (including phenoxy) is 3. The van der Waals surface area contributed by atoms with Crippen molar-refractivity contribution in [1.82, 2.24) is 46.6 Å². The van der Waals surface area contributed by atoms with Crippen LogP contribution in [-0.2, 0) is 46.5 Å². The molecule has 1 aromatic heterocycles. The number of hydrogen-bond acceptors (Lipinski definition) is 13. The normalized spacial score (nSPS) is 13.3. The van der Waals surface area contributed by atoms with Crippen LogP contribution >= 0.6 is 0 Å². The SMILES string of the molecule is NC(=O)CCC(NC(=O)OCc1ccccc1)C(=O)NCCOCCOCCNC(=O)C1CN(CC(=O)NCc2ccc(-c3nncnn3)cc2)C1. The van der Waals surface area contributed by atoms with Crippen molar-refractivity contribution in [3.05, 3.63) is 72.1 Å². The third-order valence-corrected chi connectivity index (χ3v) is 7.77. The van der Waals surface area contributed by atoms with Crippen LogP contribution in [0, 0.1) is 5.92 Å². The number of amides is 5. The van der Waals surface area contributed by atoms with Crippen molar-refractivity contribution in [3.63, 3.8) is 0 Å². The van der Waals surface area contributed by atoms with E-state index in [1.807, 2.05) is 47.4 Å². The fraction of sp³-hybridized carbons (Fsp3) is 0.441. The Morgan fingerprint density at radius 3 is 2.17 bits per heavy atom. The van der Waals surface area contributed by atoms with E-state index in [0.717, 1.165) is 16.7 Å². The van der Waals surface area contributed by atoms with Gasteiger partial charge in [-0.3, -0.25) is 24.1 Å². The van der Waals surface area contributed by atoms with Gasteiger partial charge in [-0.25, -0.2) is 4.79 Å². The van der Waals surface area contributed by atoms with Crippen LogP contribution in [0.25, 0.3) is 11.4 Å². The molecule has 1 aliphatic heterocycles. The molecule has 0 spiro atoms. The number of nitrogens with one attached hydrogen (secondary N) is 4. The van der Waals surface area contributed by atoms with Gasteiger partial charge in [0.25, 0.3) is 0 Å². The largest absolute Gasteiger partial charge is 0.445 e. The number of nitrogens with two attached hydrogens (primary N) is 1. The zero-order valence-corrected chi connectivity index (χ0v) is 28.7. The van der Waals surface area contributed by atoms with Crippen molar-refractivity contribution in [2.75, 3.05) is 59.2 Å². The number of alkyl carbamates (subject to hydrolysis) is 1. The summed E-state index contributed by atoms with van der Waals surface area (Å²) in [5.74, 6) is -1.08. The molecule has 4 rings (SSSR count). The zero-order chi connectivity index (χ0) is 37.0. The van der Waals surface area contributed by atoms with Gasteiger partial charge < -0.3 is 41.2 Å². The van der Waals surface area contributed by atoms with Crippen molar-refractivity contribution in [2.24, 2.45) is 11.7 Å². The van der Waals surface area contributed by atoms with Gasteiger partial charge in [0.15, 0.2) is 6.33 Å². The van der Waals surface area contributed by atoms with Gasteiger partial charge in [-0.05, 0) is 17.5 Å². The number of aromatic nitrogens is 4. The lowest BCUT2D eigenvalue weighted by Crippen LogP contribution is -2.56. The van der Waals surface area contributed by atoms with E-state index in [0.29, 0.717) is 38.6 Å². The highest BCUT2D eigenvalue weighted by atomic mass is 16.5. The molecule has 1 fully saturated rings. The maximum Gasteiger partial charge on any atom is 0.408 e. The van der Waals surface area contributed by atoms with E-state index in [1.165, 1.54) is 6.33 Å². The summed E-state index contributed by atoms with van der Waals surface area (Å²) in [6.45, 7) is 3.15. The minimum absolute atomic E-state index is 0.0177. The molecule has 18 heteroatoms. The van der Waals surface area contributed by atoms with Gasteiger partial charge >= 0.3 is 6.09 Å². The van der Waals surface area contributed by atoms with E-state index >= 15 is 0 Å². The highest BCUT2D eigenvalue weighted by Crippen LogP contribution is 2.16. The summed E-state index contributed by atoms with van der Waals surface area (Å²) >= 11 is 0. The molecule has 18 nitrogen and oxygen atoms in total. The molecule has 278 valence electrons. The molecule has 1 aliphatic rings. The Morgan fingerprint density at radius 1 is 0.827 bits per heavy atom. The lowest BCUT2D eigenvalue weighted by atomic mass is 9.99. The molecule has 1 unspecified atom stereocenters. The van der Waals surface area contributed by atoms with Crippen LogP contribution < -0.4 is 27.0 Å². The molecule has 3 aromatic rings. The molecular formula is C34H44N10O8. The first-order chi connectivity index (χ1) is 25.3. The van der Waals surface area contributed by atoms with Gasteiger partial charge in [0.2, 0.25) is 29.5 Å². The first-order valence-electron chi connectivity index (χ1n) is 16.8. The van der Waals surface area contributed by atoms with Gasteiger partial charge in [-0.1, -0.05) is 54.6 Å². The Kier molecular flexibility index (Phi) is 16.3. The first kappa shape index (κ1) is 39.2. The monoisotopic (exact) mass is 720 g/mol. The molecular weight excluding hydrogens is 676 g/mol. The Balaban J connectivity index is 0.975. The van der Waals surface area contributed by atoms with E-state index < -0.39 is 23.9 Å². The minimum atomic E-state index is -1.01. The maximum absolute atomic E-state index is 12.6. The van der Waals surface area contributed by atoms with E-state index in [2.05, 4.69) is 41.7 Å². The van der Waals surface area contributed by atoms with Crippen LogP contribution in [-0.4, -0.2) is 120 Å². The fourth-order valence-corrected chi connectivity index (χ4v) is 4.96. The number of nitrogens with zero attached hydrogens (tertiary/aromatic N) is 5. The van der Waals surface area contributed by atoms with Crippen molar-refractivity contribution < 1.29 is 38.2 Å². The Morgan fingerprint density at radius 2 is 1.50 bits per heavy atom. The number of benzene rings is 2. The van der Waals surface area contributed by atoms with E-state index in [9.17, 15) is 24.0 Å². The highest BCUT2D eigenvalue weighted by molar-refractivity contribution is 5.86. The van der Waals surface area contributed by atoms with Crippen molar-refractivity contribution in [2.45, 2.75) is 32.0 Å². The average molecular weight is 721 g/mol. The molecule has 1 saturated heterocycles. The summed E-state index contributed by atoms with van der Waals surface area (Å²) in [5, 5.41) is 26.1. The third-order valence-electron chi connectivity index (χ3n) is 7.77. The summed E-state index contributed by atoms with van der Waals surface area (Å²) in [6, 6.07) is 15.5. The van der Waals surface area contributed by atoms with Crippen LogP contribution in [0.5, 0.6) is 0 Å². The summed E-state index contributed by atoms with van der Waals surface area (Å²) < 4.78 is 16.1. The summed E-state index contributed by atoms with van der Waals surface area (Å²) in [5.41, 5.74) is 7.70. The molecule has 0 saturated carbocycles. The molecule has 2 heterocycles. The molecule has 6 N–H and O–H groups in total. The van der Waals surface area contributed by atoms with Gasteiger partial charge in [0, 0.05) is 44.7 Å². The van der Waals surface area contributed by atoms with Gasteiger partial charge in [0.1, 0.15) is 12.6 Å². The molecule has 5 amide bonds. The quantitative estimate of drug-likeness (QED) is 0.0809. The second kappa shape index (κ2) is 21.6. The highest BCUT2D eigenvalue weighted by Gasteiger charge is 2.33. The lowest BCUT2D eigenvalue weighted by Gasteiger charge is -2.37. The number of likely N-dealkylation sites (tertiary alicyclic amines) is 1. The lowest BCUT2D eigenvalue weighted by molar-refractivity contribution is -0.133. The minimum Gasteiger partial charge on any atom is -0.445 e. The van der Waals surface area contributed by atoms with E-state index in [4.69, 9.17) is 19.9 Å². The van der Waals surface area contributed by atoms with Gasteiger partial charge in [0.05, 0.1) is 38.9 Å². The van der Waals surface area contributed by atoms with Gasteiger partial charge in [-0.2, -0.15) is 0 Å². The molecule has 0 aliphatic carbocycles. The Hall–Kier alpha value is -5.59. The molecule has 0 bridgehead atoms. The predicted octanol–water partition coefficient (Wildman–Crippen LogP) is -0.692.